The van der Waals surface area contributed by atoms with E-state index in [9.17, 15) is 0 Å². The Labute approximate surface area is 134 Å². The van der Waals surface area contributed by atoms with Gasteiger partial charge in [-0.05, 0) is 38.3 Å². The first kappa shape index (κ1) is 18.3. The van der Waals surface area contributed by atoms with Gasteiger partial charge in [0.1, 0.15) is 5.75 Å². The molecule has 124 valence electrons. The normalized spacial score (nSPS) is 11.3. The van der Waals surface area contributed by atoms with Crippen molar-refractivity contribution in [2.75, 3.05) is 40.0 Å². The van der Waals surface area contributed by atoms with E-state index >= 15 is 0 Å². The molecule has 0 aliphatic rings. The molecule has 0 radical (unpaired) electrons. The van der Waals surface area contributed by atoms with Crippen LogP contribution in [0, 0.1) is 0 Å². The number of ether oxygens (including phenoxy) is 2. The van der Waals surface area contributed by atoms with Gasteiger partial charge >= 0.3 is 0 Å². The molecule has 5 nitrogen and oxygen atoms in total. The fraction of sp³-hybridized carbons (Fsp3) is 0.588. The minimum absolute atomic E-state index is 0.697. The third kappa shape index (κ3) is 9.23. The third-order valence-corrected chi connectivity index (χ3v) is 3.06. The minimum atomic E-state index is 0.697. The molecular weight excluding hydrogens is 278 g/mol. The third-order valence-electron chi connectivity index (χ3n) is 3.06. The highest BCUT2D eigenvalue weighted by Crippen LogP contribution is 2.07. The second-order valence-electron chi connectivity index (χ2n) is 4.84. The van der Waals surface area contributed by atoms with Gasteiger partial charge in [0, 0.05) is 33.4 Å². The summed E-state index contributed by atoms with van der Waals surface area (Å²) >= 11 is 0. The molecule has 5 heteroatoms. The van der Waals surface area contributed by atoms with Crippen LogP contribution in [0.25, 0.3) is 0 Å². The SMILES string of the molecule is CCOCCCCNC(=NC)NCCCOc1ccccc1. The molecule has 0 saturated carbocycles. The molecule has 0 bridgehead atoms. The first-order valence-corrected chi connectivity index (χ1v) is 8.07. The van der Waals surface area contributed by atoms with Crippen molar-refractivity contribution in [1.82, 2.24) is 10.6 Å². The molecule has 0 aliphatic carbocycles. The number of para-hydroxylation sites is 1. The molecule has 22 heavy (non-hydrogen) atoms. The number of unbranched alkanes of at least 4 members (excludes halogenated alkanes) is 1. The van der Waals surface area contributed by atoms with Gasteiger partial charge in [0.2, 0.25) is 0 Å². The number of rotatable bonds is 11. The molecule has 2 N–H and O–H groups in total. The van der Waals surface area contributed by atoms with Crippen LogP contribution in [0.4, 0.5) is 0 Å². The standard InChI is InChI=1S/C17H29N3O2/c1-3-21-14-8-7-12-19-17(18-2)20-13-9-15-22-16-10-5-4-6-11-16/h4-6,10-11H,3,7-9,12-15H2,1-2H3,(H2,18,19,20). The van der Waals surface area contributed by atoms with Gasteiger partial charge in [0.15, 0.2) is 5.96 Å². The van der Waals surface area contributed by atoms with Crippen molar-refractivity contribution < 1.29 is 9.47 Å². The highest BCUT2D eigenvalue weighted by molar-refractivity contribution is 5.79. The Bertz CT molecular complexity index is 396. The highest BCUT2D eigenvalue weighted by Gasteiger charge is 1.97. The predicted octanol–water partition coefficient (Wildman–Crippen LogP) is 2.44. The molecule has 0 heterocycles. The lowest BCUT2D eigenvalue weighted by Crippen LogP contribution is -2.38. The Hall–Kier alpha value is -1.75. The Balaban J connectivity index is 1.99. The summed E-state index contributed by atoms with van der Waals surface area (Å²) in [5, 5.41) is 6.58. The molecule has 0 fully saturated rings. The maximum Gasteiger partial charge on any atom is 0.190 e. The molecule has 0 saturated heterocycles. The van der Waals surface area contributed by atoms with E-state index in [0.717, 1.165) is 57.3 Å². The van der Waals surface area contributed by atoms with Crippen molar-refractivity contribution in [3.63, 3.8) is 0 Å². The molecule has 1 rings (SSSR count). The Morgan fingerprint density at radius 1 is 1.00 bits per heavy atom. The van der Waals surface area contributed by atoms with E-state index in [-0.39, 0.29) is 0 Å². The molecule has 0 aromatic heterocycles. The zero-order chi connectivity index (χ0) is 15.9. The van der Waals surface area contributed by atoms with Gasteiger partial charge in [0.25, 0.3) is 0 Å². The van der Waals surface area contributed by atoms with E-state index in [0.29, 0.717) is 6.61 Å². The van der Waals surface area contributed by atoms with Gasteiger partial charge in [-0.15, -0.1) is 0 Å². The highest BCUT2D eigenvalue weighted by atomic mass is 16.5. The summed E-state index contributed by atoms with van der Waals surface area (Å²) in [4.78, 5) is 4.20. The van der Waals surface area contributed by atoms with Crippen LogP contribution in [-0.2, 0) is 4.74 Å². The second kappa shape index (κ2) is 13.0. The van der Waals surface area contributed by atoms with E-state index in [1.165, 1.54) is 0 Å². The molecule has 0 atom stereocenters. The number of benzene rings is 1. The lowest BCUT2D eigenvalue weighted by molar-refractivity contribution is 0.143. The van der Waals surface area contributed by atoms with Crippen LogP contribution in [0.5, 0.6) is 5.75 Å². The van der Waals surface area contributed by atoms with E-state index in [1.54, 1.807) is 7.05 Å². The predicted molar refractivity (Wildman–Crippen MR) is 91.6 cm³/mol. The number of guanidine groups is 1. The average molecular weight is 307 g/mol. The van der Waals surface area contributed by atoms with Crippen LogP contribution in [-0.4, -0.2) is 45.9 Å². The largest absolute Gasteiger partial charge is 0.494 e. The van der Waals surface area contributed by atoms with Crippen molar-refractivity contribution in [2.24, 2.45) is 4.99 Å². The second-order valence-corrected chi connectivity index (χ2v) is 4.84. The molecule has 1 aromatic rings. The van der Waals surface area contributed by atoms with Crippen LogP contribution in [0.3, 0.4) is 0 Å². The smallest absolute Gasteiger partial charge is 0.190 e. The summed E-state index contributed by atoms with van der Waals surface area (Å²) in [6.07, 6.45) is 3.08. The number of aliphatic imine (C=N–C) groups is 1. The van der Waals surface area contributed by atoms with Crippen molar-refractivity contribution in [3.8, 4) is 5.75 Å². The summed E-state index contributed by atoms with van der Waals surface area (Å²) in [5.74, 6) is 1.76. The first-order chi connectivity index (χ1) is 10.9. The van der Waals surface area contributed by atoms with Crippen LogP contribution in [0.2, 0.25) is 0 Å². The topological polar surface area (TPSA) is 54.9 Å². The monoisotopic (exact) mass is 307 g/mol. The van der Waals surface area contributed by atoms with E-state index in [1.807, 2.05) is 37.3 Å². The van der Waals surface area contributed by atoms with Crippen molar-refractivity contribution in [1.29, 1.82) is 0 Å². The Morgan fingerprint density at radius 3 is 2.41 bits per heavy atom. The number of hydrogen-bond donors (Lipinski definition) is 2. The van der Waals surface area contributed by atoms with Crippen LogP contribution < -0.4 is 15.4 Å². The van der Waals surface area contributed by atoms with Gasteiger partial charge in [-0.1, -0.05) is 18.2 Å². The van der Waals surface area contributed by atoms with E-state index < -0.39 is 0 Å². The van der Waals surface area contributed by atoms with E-state index in [2.05, 4.69) is 15.6 Å². The van der Waals surface area contributed by atoms with Crippen LogP contribution in [0.15, 0.2) is 35.3 Å². The number of nitrogens with one attached hydrogen (secondary N) is 2. The molecular formula is C17H29N3O2. The van der Waals surface area contributed by atoms with Crippen molar-refractivity contribution >= 4 is 5.96 Å². The average Bonchev–Trinajstić information content (AvgIpc) is 2.56. The molecule has 0 amide bonds. The number of nitrogens with zero attached hydrogens (tertiary/aromatic N) is 1. The molecule has 1 aromatic carbocycles. The minimum Gasteiger partial charge on any atom is -0.494 e. The van der Waals surface area contributed by atoms with Crippen LogP contribution in [0.1, 0.15) is 26.2 Å². The Kier molecular flexibility index (Phi) is 10.8. The fourth-order valence-corrected chi connectivity index (χ4v) is 1.89. The van der Waals surface area contributed by atoms with Gasteiger partial charge < -0.3 is 20.1 Å². The lowest BCUT2D eigenvalue weighted by atomic mass is 10.3. The fourth-order valence-electron chi connectivity index (χ4n) is 1.89. The van der Waals surface area contributed by atoms with Gasteiger partial charge in [-0.3, -0.25) is 4.99 Å². The molecule has 0 unspecified atom stereocenters. The zero-order valence-electron chi connectivity index (χ0n) is 13.8. The zero-order valence-corrected chi connectivity index (χ0v) is 13.8. The summed E-state index contributed by atoms with van der Waals surface area (Å²) in [7, 11) is 1.79. The molecule has 0 aliphatic heterocycles. The summed E-state index contributed by atoms with van der Waals surface area (Å²) in [6, 6.07) is 9.88. The number of hydrogen-bond acceptors (Lipinski definition) is 3. The molecule has 0 spiro atoms. The first-order valence-electron chi connectivity index (χ1n) is 8.07. The summed E-state index contributed by atoms with van der Waals surface area (Å²) < 4.78 is 11.0. The maximum atomic E-state index is 5.64. The van der Waals surface area contributed by atoms with Crippen molar-refractivity contribution in [3.05, 3.63) is 30.3 Å². The van der Waals surface area contributed by atoms with Gasteiger partial charge in [0.05, 0.1) is 6.61 Å². The maximum absolute atomic E-state index is 5.64. The quantitative estimate of drug-likeness (QED) is 0.374. The van der Waals surface area contributed by atoms with E-state index in [4.69, 9.17) is 9.47 Å². The van der Waals surface area contributed by atoms with Gasteiger partial charge in [-0.2, -0.15) is 0 Å². The lowest BCUT2D eigenvalue weighted by Gasteiger charge is -2.12. The Morgan fingerprint density at radius 2 is 1.73 bits per heavy atom. The summed E-state index contributed by atoms with van der Waals surface area (Å²) in [6.45, 7) is 6.09. The van der Waals surface area contributed by atoms with Crippen LogP contribution >= 0.6 is 0 Å². The van der Waals surface area contributed by atoms with Crippen molar-refractivity contribution in [2.45, 2.75) is 26.2 Å². The van der Waals surface area contributed by atoms with Gasteiger partial charge in [-0.25, -0.2) is 0 Å². The summed E-state index contributed by atoms with van der Waals surface area (Å²) in [5.41, 5.74) is 0.